The number of aliphatic imine (C=N–C) groups is 1. The lowest BCUT2D eigenvalue weighted by Gasteiger charge is -2.10. The van der Waals surface area contributed by atoms with Crippen LogP contribution >= 0.6 is 23.4 Å². The van der Waals surface area contributed by atoms with Crippen LogP contribution < -0.4 is 10.6 Å². The molecule has 1 aliphatic heterocycles. The van der Waals surface area contributed by atoms with Crippen LogP contribution in [0.2, 0.25) is 0 Å². The van der Waals surface area contributed by atoms with E-state index in [0.717, 1.165) is 10.6 Å². The number of ether oxygens (including phenoxy) is 2. The first kappa shape index (κ1) is 20.4. The third-order valence-electron chi connectivity index (χ3n) is 3.17. The lowest BCUT2D eigenvalue weighted by Crippen LogP contribution is -2.34. The number of nitrogens with one attached hydrogen (secondary N) is 2. The average Bonchev–Trinajstić information content (AvgIpc) is 3.03. The molecule has 0 saturated heterocycles. The molecular weight excluding hydrogens is 378 g/mol. The van der Waals surface area contributed by atoms with E-state index >= 15 is 0 Å². The summed E-state index contributed by atoms with van der Waals surface area (Å²) in [7, 11) is 0. The molecule has 2 N–H and O–H groups in total. The van der Waals surface area contributed by atoms with Crippen molar-refractivity contribution < 1.29 is 19.1 Å². The maximum absolute atomic E-state index is 11.6. The molecule has 9 heteroatoms. The van der Waals surface area contributed by atoms with Gasteiger partial charge >= 0.3 is 12.2 Å². The number of carbonyl (C=O) groups excluding carboxylic acids is 2. The minimum Gasteiger partial charge on any atom is -0.449 e. The summed E-state index contributed by atoms with van der Waals surface area (Å²) in [4.78, 5) is 27.7. The van der Waals surface area contributed by atoms with Gasteiger partial charge < -0.3 is 9.47 Å². The van der Waals surface area contributed by atoms with Gasteiger partial charge in [0.25, 0.3) is 0 Å². The van der Waals surface area contributed by atoms with E-state index in [4.69, 9.17) is 21.1 Å². The van der Waals surface area contributed by atoms with Crippen LogP contribution in [0.3, 0.4) is 0 Å². The number of anilines is 1. The van der Waals surface area contributed by atoms with Gasteiger partial charge in [0.15, 0.2) is 0 Å². The van der Waals surface area contributed by atoms with Crippen molar-refractivity contribution in [1.29, 1.82) is 0 Å². The number of nitrogens with zero attached hydrogens (tertiary/aromatic N) is 1. The van der Waals surface area contributed by atoms with E-state index in [2.05, 4.69) is 15.6 Å². The number of halogens is 1. The number of rotatable bonds is 7. The molecule has 0 aliphatic carbocycles. The second-order valence-electron chi connectivity index (χ2n) is 5.74. The van der Waals surface area contributed by atoms with E-state index < -0.39 is 12.2 Å². The molecule has 0 fully saturated rings. The first-order valence-corrected chi connectivity index (χ1v) is 9.78. The van der Waals surface area contributed by atoms with E-state index in [9.17, 15) is 9.59 Å². The number of hydrogen-bond acceptors (Lipinski definition) is 6. The zero-order chi connectivity index (χ0) is 18.9. The van der Waals surface area contributed by atoms with Crippen molar-refractivity contribution in [1.82, 2.24) is 5.32 Å². The number of benzene rings is 1. The predicted octanol–water partition coefficient (Wildman–Crippen LogP) is 3.82. The lowest BCUT2D eigenvalue weighted by atomic mass is 10.2. The van der Waals surface area contributed by atoms with Crippen LogP contribution in [0, 0.1) is 0 Å². The highest BCUT2D eigenvalue weighted by molar-refractivity contribution is 8.14. The van der Waals surface area contributed by atoms with E-state index in [0.29, 0.717) is 30.3 Å². The van der Waals surface area contributed by atoms with Crippen LogP contribution in [0.25, 0.3) is 0 Å². The number of thioether (sulfide) groups is 1. The fourth-order valence-corrected chi connectivity index (χ4v) is 3.15. The number of amides is 2. The van der Waals surface area contributed by atoms with Crippen molar-refractivity contribution in [2.24, 2.45) is 4.99 Å². The van der Waals surface area contributed by atoms with Crippen molar-refractivity contribution in [2.75, 3.05) is 23.6 Å². The van der Waals surface area contributed by atoms with Crippen LogP contribution in [0.1, 0.15) is 25.8 Å². The highest BCUT2D eigenvalue weighted by Crippen LogP contribution is 2.23. The first-order chi connectivity index (χ1) is 12.5. The SMILES string of the molecule is CC(C)OC(=O)Nc1ccc(C2=NC(NC(=O)OCCCCl)CS2)cc1. The monoisotopic (exact) mass is 399 g/mol. The highest BCUT2D eigenvalue weighted by atomic mass is 35.5. The first-order valence-electron chi connectivity index (χ1n) is 8.26. The van der Waals surface area contributed by atoms with Crippen LogP contribution in [0.4, 0.5) is 15.3 Å². The molecule has 1 atom stereocenters. The number of hydrogen-bond donors (Lipinski definition) is 2. The van der Waals surface area contributed by atoms with E-state index in [1.807, 2.05) is 12.1 Å². The van der Waals surface area contributed by atoms with E-state index in [-0.39, 0.29) is 12.3 Å². The van der Waals surface area contributed by atoms with Crippen molar-refractivity contribution in [3.8, 4) is 0 Å². The second kappa shape index (κ2) is 10.3. The zero-order valence-electron chi connectivity index (χ0n) is 14.7. The molecule has 0 radical (unpaired) electrons. The topological polar surface area (TPSA) is 89.0 Å². The molecule has 142 valence electrons. The van der Waals surface area contributed by atoms with Crippen molar-refractivity contribution in [3.05, 3.63) is 29.8 Å². The number of alkyl halides is 1. The van der Waals surface area contributed by atoms with Gasteiger partial charge in [0, 0.05) is 22.9 Å². The normalized spacial score (nSPS) is 16.2. The van der Waals surface area contributed by atoms with Gasteiger partial charge in [0.1, 0.15) is 11.2 Å². The molecule has 7 nitrogen and oxygen atoms in total. The maximum Gasteiger partial charge on any atom is 0.411 e. The molecule has 2 rings (SSSR count). The molecule has 2 amide bonds. The molecule has 0 aromatic heterocycles. The number of alkyl carbamates (subject to hydrolysis) is 1. The van der Waals surface area contributed by atoms with Crippen molar-refractivity contribution >= 4 is 46.3 Å². The molecule has 1 aromatic rings. The minimum atomic E-state index is -0.492. The smallest absolute Gasteiger partial charge is 0.411 e. The Bertz CT molecular complexity index is 652. The molecule has 0 bridgehead atoms. The third-order valence-corrected chi connectivity index (χ3v) is 4.53. The summed E-state index contributed by atoms with van der Waals surface area (Å²) in [6.45, 7) is 3.87. The molecule has 1 unspecified atom stereocenters. The molecule has 0 saturated carbocycles. The lowest BCUT2D eigenvalue weighted by molar-refractivity contribution is 0.130. The molecular formula is C17H22ClN3O4S. The maximum atomic E-state index is 11.6. The van der Waals surface area contributed by atoms with Crippen LogP contribution in [-0.2, 0) is 9.47 Å². The summed E-state index contributed by atoms with van der Waals surface area (Å²) in [5.41, 5.74) is 1.55. The Morgan fingerprint density at radius 2 is 2.04 bits per heavy atom. The highest BCUT2D eigenvalue weighted by Gasteiger charge is 2.21. The van der Waals surface area contributed by atoms with Gasteiger partial charge in [0.05, 0.1) is 12.7 Å². The number of carbonyl (C=O) groups is 2. The van der Waals surface area contributed by atoms with Crippen LogP contribution in [0.15, 0.2) is 29.3 Å². The van der Waals surface area contributed by atoms with Crippen molar-refractivity contribution in [2.45, 2.75) is 32.5 Å². The molecule has 1 aromatic carbocycles. The molecule has 0 spiro atoms. The van der Waals surface area contributed by atoms with Gasteiger partial charge in [0.2, 0.25) is 0 Å². The summed E-state index contributed by atoms with van der Waals surface area (Å²) in [5.74, 6) is 1.09. The van der Waals surface area contributed by atoms with Crippen LogP contribution in [-0.4, -0.2) is 47.7 Å². The summed E-state index contributed by atoms with van der Waals surface area (Å²) in [5, 5.41) is 6.19. The van der Waals surface area contributed by atoms with E-state index in [1.165, 1.54) is 0 Å². The molecule has 1 aliphatic rings. The van der Waals surface area contributed by atoms with E-state index in [1.54, 1.807) is 37.7 Å². The summed E-state index contributed by atoms with van der Waals surface area (Å²) in [6, 6.07) is 7.28. The van der Waals surface area contributed by atoms with Gasteiger partial charge in [-0.2, -0.15) is 0 Å². The summed E-state index contributed by atoms with van der Waals surface area (Å²) in [6.07, 6.45) is -0.860. The van der Waals surface area contributed by atoms with Gasteiger partial charge in [-0.05, 0) is 32.4 Å². The quantitative estimate of drug-likeness (QED) is 0.537. The third kappa shape index (κ3) is 6.76. The van der Waals surface area contributed by atoms with Crippen LogP contribution in [0.5, 0.6) is 0 Å². The summed E-state index contributed by atoms with van der Waals surface area (Å²) < 4.78 is 10.0. The van der Waals surface area contributed by atoms with Gasteiger partial charge in [-0.15, -0.1) is 23.4 Å². The van der Waals surface area contributed by atoms with Gasteiger partial charge in [-0.25, -0.2) is 9.59 Å². The second-order valence-corrected chi connectivity index (χ2v) is 7.13. The Hall–Kier alpha value is -1.93. The Labute approximate surface area is 161 Å². The predicted molar refractivity (Wildman–Crippen MR) is 104 cm³/mol. The zero-order valence-corrected chi connectivity index (χ0v) is 16.2. The Balaban J connectivity index is 1.87. The minimum absolute atomic E-state index is 0.176. The largest absolute Gasteiger partial charge is 0.449 e. The molecule has 26 heavy (non-hydrogen) atoms. The van der Waals surface area contributed by atoms with Gasteiger partial charge in [-0.3, -0.25) is 15.6 Å². The standard InChI is InChI=1S/C17H22ClN3O4S/c1-11(2)25-17(23)19-13-6-4-12(5-7-13)15-20-14(10-26-15)21-16(22)24-9-3-8-18/h4-7,11,14H,3,8-10H2,1-2H3,(H,19,23)(H,21,22). The van der Waals surface area contributed by atoms with Gasteiger partial charge in [-0.1, -0.05) is 12.1 Å². The molecule has 1 heterocycles. The summed E-state index contributed by atoms with van der Waals surface area (Å²) >= 11 is 7.08. The average molecular weight is 400 g/mol. The van der Waals surface area contributed by atoms with Crippen molar-refractivity contribution in [3.63, 3.8) is 0 Å². The fraction of sp³-hybridized carbons (Fsp3) is 0.471. The fourth-order valence-electron chi connectivity index (χ4n) is 2.06. The Morgan fingerprint density at radius 1 is 1.31 bits per heavy atom. The Morgan fingerprint density at radius 3 is 2.69 bits per heavy atom. The Kier molecular flexibility index (Phi) is 8.06.